The number of carbonyl (C=O) groups excluding carboxylic acids is 1. The molecule has 0 fully saturated rings. The lowest BCUT2D eigenvalue weighted by molar-refractivity contribution is -0.115. The predicted octanol–water partition coefficient (Wildman–Crippen LogP) is 5.89. The van der Waals surface area contributed by atoms with Gasteiger partial charge < -0.3 is 10.1 Å². The van der Waals surface area contributed by atoms with Crippen LogP contribution in [-0.2, 0) is 11.4 Å². The maximum atomic E-state index is 13.0. The van der Waals surface area contributed by atoms with Crippen molar-refractivity contribution in [1.82, 2.24) is 14.8 Å². The van der Waals surface area contributed by atoms with Crippen molar-refractivity contribution in [2.75, 3.05) is 5.32 Å². The van der Waals surface area contributed by atoms with Crippen molar-refractivity contribution >= 4 is 23.4 Å². The highest BCUT2D eigenvalue weighted by Gasteiger charge is 2.22. The van der Waals surface area contributed by atoms with E-state index in [2.05, 4.69) is 15.5 Å². The number of ether oxygens (including phenoxy) is 1. The minimum Gasteiger partial charge on any atom is -0.486 e. The number of thioether (sulfide) groups is 1. The van der Waals surface area contributed by atoms with E-state index in [0.29, 0.717) is 11.0 Å². The molecule has 0 unspecified atom stereocenters. The van der Waals surface area contributed by atoms with Gasteiger partial charge in [-0.2, -0.15) is 0 Å². The lowest BCUT2D eigenvalue weighted by Gasteiger charge is -2.16. The summed E-state index contributed by atoms with van der Waals surface area (Å²) in [6, 6.07) is 23.7. The zero-order valence-electron chi connectivity index (χ0n) is 19.8. The number of anilines is 1. The van der Waals surface area contributed by atoms with Crippen LogP contribution >= 0.6 is 11.8 Å². The maximum Gasteiger partial charge on any atom is 0.237 e. The molecule has 4 rings (SSSR count). The maximum absolute atomic E-state index is 13.0. The number of aromatic nitrogens is 3. The van der Waals surface area contributed by atoms with Crippen LogP contribution in [0.4, 0.5) is 5.69 Å². The number of nitrogens with zero attached hydrogens (tertiary/aromatic N) is 3. The SMILES string of the molecule is Cc1cccc(OCc2nnc(S[C@H](C)C(=O)Nc3c(C)cccc3C)n2-c2ccccc2)c1. The van der Waals surface area contributed by atoms with Crippen LogP contribution in [0.1, 0.15) is 29.4 Å². The van der Waals surface area contributed by atoms with Crippen LogP contribution in [-0.4, -0.2) is 25.9 Å². The molecule has 0 bridgehead atoms. The third-order valence-electron chi connectivity index (χ3n) is 5.45. The van der Waals surface area contributed by atoms with Gasteiger partial charge in [-0.1, -0.05) is 60.3 Å². The van der Waals surface area contributed by atoms with Gasteiger partial charge in [0.1, 0.15) is 12.4 Å². The molecular formula is C27H28N4O2S. The molecule has 0 saturated heterocycles. The summed E-state index contributed by atoms with van der Waals surface area (Å²) in [5.41, 5.74) is 4.97. The van der Waals surface area contributed by atoms with Crippen LogP contribution in [0.25, 0.3) is 5.69 Å². The monoisotopic (exact) mass is 472 g/mol. The van der Waals surface area contributed by atoms with Crippen molar-refractivity contribution < 1.29 is 9.53 Å². The van der Waals surface area contributed by atoms with E-state index in [-0.39, 0.29) is 17.8 Å². The first-order valence-corrected chi connectivity index (χ1v) is 12.0. The van der Waals surface area contributed by atoms with Crippen LogP contribution in [0.15, 0.2) is 78.0 Å². The first kappa shape index (κ1) is 23.6. The fourth-order valence-electron chi connectivity index (χ4n) is 3.61. The fourth-order valence-corrected chi connectivity index (χ4v) is 4.49. The van der Waals surface area contributed by atoms with E-state index in [0.717, 1.165) is 33.8 Å². The molecule has 1 aromatic heterocycles. The van der Waals surface area contributed by atoms with Gasteiger partial charge in [0.15, 0.2) is 11.0 Å². The molecule has 0 radical (unpaired) electrons. The molecule has 0 spiro atoms. The summed E-state index contributed by atoms with van der Waals surface area (Å²) in [4.78, 5) is 13.0. The van der Waals surface area contributed by atoms with E-state index in [1.54, 1.807) is 0 Å². The summed E-state index contributed by atoms with van der Waals surface area (Å²) in [6.45, 7) is 8.15. The molecule has 1 N–H and O–H groups in total. The van der Waals surface area contributed by atoms with Crippen LogP contribution in [0.5, 0.6) is 5.75 Å². The standard InChI is InChI=1S/C27H28N4O2S/c1-18-10-8-15-23(16-18)33-17-24-29-30-27(31(24)22-13-6-5-7-14-22)34-21(4)26(32)28-25-19(2)11-9-12-20(25)3/h5-16,21H,17H2,1-4H3,(H,28,32)/t21-/m1/s1. The first-order chi connectivity index (χ1) is 16.4. The van der Waals surface area contributed by atoms with Crippen LogP contribution < -0.4 is 10.1 Å². The molecule has 34 heavy (non-hydrogen) atoms. The summed E-state index contributed by atoms with van der Waals surface area (Å²) in [7, 11) is 0. The summed E-state index contributed by atoms with van der Waals surface area (Å²) in [6.07, 6.45) is 0. The van der Waals surface area contributed by atoms with Crippen molar-refractivity contribution in [3.63, 3.8) is 0 Å². The van der Waals surface area contributed by atoms with Crippen molar-refractivity contribution in [2.45, 2.75) is 44.7 Å². The second-order valence-corrected chi connectivity index (χ2v) is 9.50. The first-order valence-electron chi connectivity index (χ1n) is 11.2. The van der Waals surface area contributed by atoms with Crippen LogP contribution in [0.2, 0.25) is 0 Å². The lowest BCUT2D eigenvalue weighted by Crippen LogP contribution is -2.24. The van der Waals surface area contributed by atoms with Gasteiger partial charge in [0.25, 0.3) is 0 Å². The Morgan fingerprint density at radius 2 is 1.68 bits per heavy atom. The topological polar surface area (TPSA) is 69.0 Å². The van der Waals surface area contributed by atoms with Crippen LogP contribution in [0.3, 0.4) is 0 Å². The zero-order chi connectivity index (χ0) is 24.1. The van der Waals surface area contributed by atoms with Crippen LogP contribution in [0, 0.1) is 20.8 Å². The summed E-state index contributed by atoms with van der Waals surface area (Å²) in [5.74, 6) is 1.36. The number of hydrogen-bond acceptors (Lipinski definition) is 5. The smallest absolute Gasteiger partial charge is 0.237 e. The van der Waals surface area contributed by atoms with Gasteiger partial charge in [0, 0.05) is 11.4 Å². The van der Waals surface area contributed by atoms with E-state index in [1.807, 2.05) is 105 Å². The molecule has 0 saturated carbocycles. The highest BCUT2D eigenvalue weighted by atomic mass is 32.2. The number of rotatable bonds is 8. The Morgan fingerprint density at radius 1 is 0.971 bits per heavy atom. The van der Waals surface area contributed by atoms with E-state index in [9.17, 15) is 4.79 Å². The molecule has 1 atom stereocenters. The Bertz CT molecular complexity index is 1270. The van der Waals surface area contributed by atoms with Gasteiger partial charge in [-0.05, 0) is 68.7 Å². The fraction of sp³-hybridized carbons (Fsp3) is 0.222. The Labute approximate surface area is 204 Å². The number of hydrogen-bond donors (Lipinski definition) is 1. The average Bonchev–Trinajstić information content (AvgIpc) is 3.23. The van der Waals surface area contributed by atoms with Gasteiger partial charge in [-0.15, -0.1) is 10.2 Å². The molecule has 0 aliphatic heterocycles. The molecule has 1 amide bonds. The third-order valence-corrected chi connectivity index (χ3v) is 6.50. The normalized spacial score (nSPS) is 11.8. The van der Waals surface area contributed by atoms with Gasteiger partial charge in [0.05, 0.1) is 5.25 Å². The summed E-state index contributed by atoms with van der Waals surface area (Å²) in [5, 5.41) is 12.1. The number of benzene rings is 3. The Kier molecular flexibility index (Phi) is 7.33. The summed E-state index contributed by atoms with van der Waals surface area (Å²) < 4.78 is 7.94. The molecule has 174 valence electrons. The van der Waals surface area contributed by atoms with Gasteiger partial charge >= 0.3 is 0 Å². The number of carbonyl (C=O) groups is 1. The zero-order valence-corrected chi connectivity index (χ0v) is 20.6. The van der Waals surface area contributed by atoms with E-state index < -0.39 is 0 Å². The Balaban J connectivity index is 1.55. The van der Waals surface area contributed by atoms with Crippen molar-refractivity contribution in [3.8, 4) is 11.4 Å². The molecule has 0 aliphatic rings. The van der Waals surface area contributed by atoms with Gasteiger partial charge in [-0.3, -0.25) is 9.36 Å². The second kappa shape index (κ2) is 10.6. The van der Waals surface area contributed by atoms with E-state index in [4.69, 9.17) is 4.74 Å². The predicted molar refractivity (Wildman–Crippen MR) is 137 cm³/mol. The quantitative estimate of drug-likeness (QED) is 0.324. The third kappa shape index (κ3) is 5.48. The highest BCUT2D eigenvalue weighted by molar-refractivity contribution is 8.00. The minimum absolute atomic E-state index is 0.0810. The number of amides is 1. The highest BCUT2D eigenvalue weighted by Crippen LogP contribution is 2.28. The molecule has 7 heteroatoms. The van der Waals surface area contributed by atoms with Gasteiger partial charge in [-0.25, -0.2) is 0 Å². The Hall–Kier alpha value is -3.58. The number of nitrogens with one attached hydrogen (secondary N) is 1. The van der Waals surface area contributed by atoms with Crippen molar-refractivity contribution in [2.24, 2.45) is 0 Å². The molecule has 3 aromatic carbocycles. The Morgan fingerprint density at radius 3 is 2.38 bits per heavy atom. The molecular weight excluding hydrogens is 444 g/mol. The van der Waals surface area contributed by atoms with E-state index >= 15 is 0 Å². The molecule has 1 heterocycles. The second-order valence-electron chi connectivity index (χ2n) is 8.19. The largest absolute Gasteiger partial charge is 0.486 e. The number of para-hydroxylation sites is 2. The summed E-state index contributed by atoms with van der Waals surface area (Å²) >= 11 is 1.37. The van der Waals surface area contributed by atoms with E-state index in [1.165, 1.54) is 11.8 Å². The average molecular weight is 473 g/mol. The van der Waals surface area contributed by atoms with Gasteiger partial charge in [0.2, 0.25) is 5.91 Å². The minimum atomic E-state index is -0.379. The lowest BCUT2D eigenvalue weighted by atomic mass is 10.1. The molecule has 0 aliphatic carbocycles. The van der Waals surface area contributed by atoms with Crippen molar-refractivity contribution in [3.05, 3.63) is 95.3 Å². The number of aryl methyl sites for hydroxylation is 3. The molecule has 6 nitrogen and oxygen atoms in total. The molecule has 4 aromatic rings. The van der Waals surface area contributed by atoms with Crippen molar-refractivity contribution in [1.29, 1.82) is 0 Å².